The fourth-order valence-corrected chi connectivity index (χ4v) is 10.6. The zero-order chi connectivity index (χ0) is 27.3. The highest BCUT2D eigenvalue weighted by molar-refractivity contribution is 7.04. The third-order valence-electron chi connectivity index (χ3n) is 8.76. The van der Waals surface area contributed by atoms with Crippen LogP contribution in [0.15, 0.2) is 127 Å². The van der Waals surface area contributed by atoms with E-state index in [1.54, 1.807) is 10.4 Å². The Morgan fingerprint density at radius 2 is 1.02 bits per heavy atom. The molecule has 0 atom stereocenters. The lowest BCUT2D eigenvalue weighted by Gasteiger charge is -2.39. The van der Waals surface area contributed by atoms with Crippen molar-refractivity contribution in [3.05, 3.63) is 133 Å². The van der Waals surface area contributed by atoms with Crippen molar-refractivity contribution in [2.24, 2.45) is 0 Å². The molecule has 40 heavy (non-hydrogen) atoms. The first kappa shape index (κ1) is 24.8. The van der Waals surface area contributed by atoms with E-state index in [4.69, 9.17) is 0 Å². The van der Waals surface area contributed by atoms with Crippen LogP contribution in [-0.4, -0.2) is 8.07 Å². The summed E-state index contributed by atoms with van der Waals surface area (Å²) in [6, 6.07) is 47.4. The average Bonchev–Trinajstić information content (AvgIpc) is 3.00. The highest BCUT2D eigenvalue weighted by Gasteiger charge is 2.41. The number of rotatable bonds is 5. The second-order valence-corrected chi connectivity index (χ2v) is 15.8. The Morgan fingerprint density at radius 1 is 0.500 bits per heavy atom. The van der Waals surface area contributed by atoms with E-state index in [0.717, 1.165) is 12.8 Å². The van der Waals surface area contributed by atoms with Gasteiger partial charge in [0, 0.05) is 0 Å². The molecule has 0 aliphatic carbocycles. The molecule has 0 unspecified atom stereocenters. The predicted molar refractivity (Wildman–Crippen MR) is 176 cm³/mol. The van der Waals surface area contributed by atoms with Gasteiger partial charge in [0.05, 0.1) is 0 Å². The van der Waals surface area contributed by atoms with Crippen LogP contribution < -0.4 is 10.4 Å². The molecule has 0 saturated heterocycles. The molecule has 1 aliphatic heterocycles. The minimum atomic E-state index is -2.14. The number of hydrogen-bond acceptors (Lipinski definition) is 0. The van der Waals surface area contributed by atoms with Crippen LogP contribution in [0, 0.1) is 0 Å². The predicted octanol–water partition coefficient (Wildman–Crippen LogP) is 9.60. The van der Waals surface area contributed by atoms with Crippen LogP contribution in [0.3, 0.4) is 0 Å². The second kappa shape index (κ2) is 9.77. The van der Waals surface area contributed by atoms with Gasteiger partial charge in [-0.2, -0.15) is 0 Å². The summed E-state index contributed by atoms with van der Waals surface area (Å²) in [4.78, 5) is 0. The van der Waals surface area contributed by atoms with Gasteiger partial charge < -0.3 is 0 Å². The van der Waals surface area contributed by atoms with Crippen molar-refractivity contribution in [2.75, 3.05) is 0 Å². The SMILES string of the molecule is CCCc1c(-c2ccccc2)c(-c2ccccc2)c(-c2ccccc2)c2c1-c1cccc3cccc(c13)[Si]2(C)C. The molecule has 0 nitrogen and oxygen atoms in total. The third kappa shape index (κ3) is 3.72. The van der Waals surface area contributed by atoms with Gasteiger partial charge >= 0.3 is 0 Å². The highest BCUT2D eigenvalue weighted by atomic mass is 28.3. The van der Waals surface area contributed by atoms with Gasteiger partial charge in [0.1, 0.15) is 8.07 Å². The summed E-state index contributed by atoms with van der Waals surface area (Å²) >= 11 is 0. The number of fused-ring (bicyclic) bond motifs is 2. The zero-order valence-electron chi connectivity index (χ0n) is 23.5. The maximum absolute atomic E-state index is 2.58. The van der Waals surface area contributed by atoms with Crippen LogP contribution in [0.25, 0.3) is 55.3 Å². The van der Waals surface area contributed by atoms with E-state index in [2.05, 4.69) is 147 Å². The van der Waals surface area contributed by atoms with E-state index >= 15 is 0 Å². The highest BCUT2D eigenvalue weighted by Crippen LogP contribution is 2.49. The Morgan fingerprint density at radius 3 is 1.60 bits per heavy atom. The lowest BCUT2D eigenvalue weighted by atomic mass is 9.78. The molecule has 194 valence electrons. The van der Waals surface area contributed by atoms with Crippen molar-refractivity contribution in [3.8, 4) is 44.5 Å². The number of hydrogen-bond donors (Lipinski definition) is 0. The molecule has 0 saturated carbocycles. The first-order valence-electron chi connectivity index (χ1n) is 14.5. The van der Waals surface area contributed by atoms with Crippen molar-refractivity contribution in [2.45, 2.75) is 32.9 Å². The molecule has 6 aromatic rings. The molecule has 0 fully saturated rings. The maximum atomic E-state index is 2.58. The van der Waals surface area contributed by atoms with Crippen molar-refractivity contribution < 1.29 is 0 Å². The maximum Gasteiger partial charge on any atom is 0.114 e. The number of benzene rings is 6. The van der Waals surface area contributed by atoms with Crippen LogP contribution in [0.4, 0.5) is 0 Å². The Hall–Kier alpha value is -4.20. The summed E-state index contributed by atoms with van der Waals surface area (Å²) in [5.41, 5.74) is 12.5. The van der Waals surface area contributed by atoms with E-state index in [1.165, 1.54) is 60.8 Å². The molecule has 0 amide bonds. The lowest BCUT2D eigenvalue weighted by Crippen LogP contribution is -2.57. The Kier molecular flexibility index (Phi) is 6.06. The average molecular weight is 531 g/mol. The molecule has 0 bridgehead atoms. The zero-order valence-corrected chi connectivity index (χ0v) is 24.5. The largest absolute Gasteiger partial charge is 0.114 e. The van der Waals surface area contributed by atoms with E-state index in [9.17, 15) is 0 Å². The molecule has 1 aliphatic rings. The van der Waals surface area contributed by atoms with E-state index in [1.807, 2.05) is 0 Å². The quantitative estimate of drug-likeness (QED) is 0.195. The Balaban J connectivity index is 1.79. The summed E-state index contributed by atoms with van der Waals surface area (Å²) in [7, 11) is -2.14. The van der Waals surface area contributed by atoms with Gasteiger partial charge in [0.2, 0.25) is 0 Å². The molecule has 0 aromatic heterocycles. The fourth-order valence-electron chi connectivity index (χ4n) is 7.14. The van der Waals surface area contributed by atoms with Crippen LogP contribution >= 0.6 is 0 Å². The van der Waals surface area contributed by atoms with Crippen LogP contribution in [0.2, 0.25) is 13.1 Å². The topological polar surface area (TPSA) is 0 Å². The summed E-state index contributed by atoms with van der Waals surface area (Å²) in [5, 5.41) is 5.97. The van der Waals surface area contributed by atoms with Crippen molar-refractivity contribution in [3.63, 3.8) is 0 Å². The molecule has 0 spiro atoms. The molecule has 0 N–H and O–H groups in total. The molecular formula is C39H34Si. The van der Waals surface area contributed by atoms with Gasteiger partial charge in [0.25, 0.3) is 0 Å². The third-order valence-corrected chi connectivity index (χ3v) is 12.3. The molecular weight excluding hydrogens is 497 g/mol. The summed E-state index contributed by atoms with van der Waals surface area (Å²) < 4.78 is 0. The van der Waals surface area contributed by atoms with Gasteiger partial charge in [-0.3, -0.25) is 0 Å². The van der Waals surface area contributed by atoms with Gasteiger partial charge in [0.15, 0.2) is 0 Å². The van der Waals surface area contributed by atoms with Gasteiger partial charge in [-0.25, -0.2) is 0 Å². The Labute approximate surface area is 239 Å². The Bertz CT molecular complexity index is 1840. The lowest BCUT2D eigenvalue weighted by molar-refractivity contribution is 0.926. The molecule has 1 heteroatoms. The minimum Gasteiger partial charge on any atom is -0.0651 e. The first-order chi connectivity index (χ1) is 19.6. The fraction of sp³-hybridized carbons (Fsp3) is 0.128. The first-order valence-corrected chi connectivity index (χ1v) is 17.5. The standard InChI is InChI=1S/C39H34Si/c1-4-16-31-35(28-17-8-5-9-18-28)36(29-19-10-6-11-20-29)37(30-21-12-7-13-22-30)39-38(31)32-25-14-23-27-24-15-26-33(34(27)32)40(39,2)3/h5-15,17-26H,4,16H2,1-3H3. The summed E-state index contributed by atoms with van der Waals surface area (Å²) in [6.45, 7) is 7.49. The van der Waals surface area contributed by atoms with Crippen LogP contribution in [-0.2, 0) is 6.42 Å². The van der Waals surface area contributed by atoms with E-state index in [-0.39, 0.29) is 0 Å². The minimum absolute atomic E-state index is 1.05. The van der Waals surface area contributed by atoms with Crippen molar-refractivity contribution in [1.29, 1.82) is 0 Å². The second-order valence-electron chi connectivity index (χ2n) is 11.5. The van der Waals surface area contributed by atoms with Gasteiger partial charge in [-0.1, -0.05) is 154 Å². The summed E-state index contributed by atoms with van der Waals surface area (Å²) in [5.74, 6) is 0. The van der Waals surface area contributed by atoms with Gasteiger partial charge in [-0.15, -0.1) is 0 Å². The van der Waals surface area contributed by atoms with Gasteiger partial charge in [-0.05, 0) is 77.6 Å². The molecule has 7 rings (SSSR count). The van der Waals surface area contributed by atoms with E-state index < -0.39 is 8.07 Å². The molecule has 1 heterocycles. The smallest absolute Gasteiger partial charge is 0.0651 e. The molecule has 0 radical (unpaired) electrons. The van der Waals surface area contributed by atoms with Crippen LogP contribution in [0.1, 0.15) is 18.9 Å². The van der Waals surface area contributed by atoms with E-state index in [0.29, 0.717) is 0 Å². The normalized spacial score (nSPS) is 13.3. The summed E-state index contributed by atoms with van der Waals surface area (Å²) in [6.07, 6.45) is 2.15. The molecule has 6 aromatic carbocycles. The van der Waals surface area contributed by atoms with Crippen LogP contribution in [0.5, 0.6) is 0 Å². The monoisotopic (exact) mass is 530 g/mol. The van der Waals surface area contributed by atoms with Crippen molar-refractivity contribution in [1.82, 2.24) is 0 Å². The van der Waals surface area contributed by atoms with Crippen molar-refractivity contribution >= 4 is 29.2 Å².